The molecule has 1 aliphatic carbocycles. The lowest BCUT2D eigenvalue weighted by Crippen LogP contribution is -2.30. The molecule has 0 bridgehead atoms. The first-order valence-electron chi connectivity index (χ1n) is 8.81. The van der Waals surface area contributed by atoms with Crippen molar-refractivity contribution in [1.82, 2.24) is 0 Å². The number of aryl methyl sites for hydroxylation is 1. The summed E-state index contributed by atoms with van der Waals surface area (Å²) < 4.78 is 1.06. The molecule has 0 amide bonds. The molecule has 1 N–H and O–H groups in total. The van der Waals surface area contributed by atoms with E-state index < -0.39 is 0 Å². The second-order valence-corrected chi connectivity index (χ2v) is 7.46. The Kier molecular flexibility index (Phi) is 5.72. The first kappa shape index (κ1) is 17.2. The maximum Gasteiger partial charge on any atom is 0.138 e. The Bertz CT molecular complexity index is 678. The molecule has 24 heavy (non-hydrogen) atoms. The van der Waals surface area contributed by atoms with E-state index in [1.165, 1.54) is 11.1 Å². The Morgan fingerprint density at radius 3 is 2.42 bits per heavy atom. The van der Waals surface area contributed by atoms with Gasteiger partial charge in [0.2, 0.25) is 0 Å². The Morgan fingerprint density at radius 2 is 1.79 bits per heavy atom. The van der Waals surface area contributed by atoms with Crippen molar-refractivity contribution in [3.8, 4) is 0 Å². The summed E-state index contributed by atoms with van der Waals surface area (Å²) in [5.41, 5.74) is 3.59. The van der Waals surface area contributed by atoms with Gasteiger partial charge in [0.15, 0.2) is 0 Å². The van der Waals surface area contributed by atoms with E-state index in [2.05, 4.69) is 76.7 Å². The monoisotopic (exact) mass is 385 g/mol. The zero-order chi connectivity index (χ0) is 16.9. The number of ketones is 1. The van der Waals surface area contributed by atoms with E-state index in [1.807, 2.05) is 0 Å². The summed E-state index contributed by atoms with van der Waals surface area (Å²) in [6.07, 6.45) is 4.90. The van der Waals surface area contributed by atoms with Crippen LogP contribution in [0.25, 0.3) is 0 Å². The van der Waals surface area contributed by atoms with Gasteiger partial charge in [0, 0.05) is 22.5 Å². The quantitative estimate of drug-likeness (QED) is 0.691. The molecule has 0 heterocycles. The Labute approximate surface area is 152 Å². The second-order valence-electron chi connectivity index (χ2n) is 6.54. The van der Waals surface area contributed by atoms with Gasteiger partial charge < -0.3 is 5.32 Å². The number of halogens is 1. The molecule has 0 radical (unpaired) electrons. The van der Waals surface area contributed by atoms with Gasteiger partial charge >= 0.3 is 0 Å². The number of nitrogens with one attached hydrogen (secondary N) is 1. The van der Waals surface area contributed by atoms with Gasteiger partial charge in [0.25, 0.3) is 0 Å². The number of hydrogen-bond acceptors (Lipinski definition) is 2. The standard InChI is InChI=1S/C21H24BrNO/c1-2-15-7-13-18(14-8-15)23-21(16-9-11-17(22)12-10-16)19-5-3-4-6-20(19)24/h7-14,19,21,23H,2-6H2,1H3. The normalized spacial score (nSPS) is 19.1. The third kappa shape index (κ3) is 4.07. The zero-order valence-electron chi connectivity index (χ0n) is 14.1. The Balaban J connectivity index is 1.88. The molecule has 3 heteroatoms. The lowest BCUT2D eigenvalue weighted by atomic mass is 9.80. The van der Waals surface area contributed by atoms with Crippen LogP contribution >= 0.6 is 15.9 Å². The van der Waals surface area contributed by atoms with Gasteiger partial charge in [0.1, 0.15) is 5.78 Å². The summed E-state index contributed by atoms with van der Waals surface area (Å²) in [6.45, 7) is 2.16. The van der Waals surface area contributed by atoms with E-state index >= 15 is 0 Å². The van der Waals surface area contributed by atoms with Crippen molar-refractivity contribution >= 4 is 27.4 Å². The second kappa shape index (κ2) is 7.98. The summed E-state index contributed by atoms with van der Waals surface area (Å²) in [4.78, 5) is 12.5. The van der Waals surface area contributed by atoms with Crippen LogP contribution in [0.3, 0.4) is 0 Å². The smallest absolute Gasteiger partial charge is 0.138 e. The molecule has 2 aromatic carbocycles. The van der Waals surface area contributed by atoms with Crippen LogP contribution in [0, 0.1) is 5.92 Å². The molecule has 3 rings (SSSR count). The summed E-state index contributed by atoms with van der Waals surface area (Å²) >= 11 is 3.50. The summed E-state index contributed by atoms with van der Waals surface area (Å²) in [6, 6.07) is 16.9. The van der Waals surface area contributed by atoms with E-state index in [0.717, 1.165) is 35.8 Å². The third-order valence-electron chi connectivity index (χ3n) is 4.92. The minimum atomic E-state index is 0.0402. The zero-order valence-corrected chi connectivity index (χ0v) is 15.7. The highest BCUT2D eigenvalue weighted by Gasteiger charge is 2.31. The SMILES string of the molecule is CCc1ccc(NC(c2ccc(Br)cc2)C2CCCCC2=O)cc1. The van der Waals surface area contributed by atoms with Crippen LogP contribution in [0.2, 0.25) is 0 Å². The minimum Gasteiger partial charge on any atom is -0.378 e. The highest BCUT2D eigenvalue weighted by atomic mass is 79.9. The summed E-state index contributed by atoms with van der Waals surface area (Å²) in [5, 5.41) is 3.63. The van der Waals surface area contributed by atoms with Crippen molar-refractivity contribution in [1.29, 1.82) is 0 Å². The van der Waals surface area contributed by atoms with Crippen molar-refractivity contribution in [3.63, 3.8) is 0 Å². The van der Waals surface area contributed by atoms with Crippen LogP contribution < -0.4 is 5.32 Å². The fourth-order valence-corrected chi connectivity index (χ4v) is 3.73. The number of anilines is 1. The molecule has 2 unspecified atom stereocenters. The van der Waals surface area contributed by atoms with Gasteiger partial charge in [-0.25, -0.2) is 0 Å². The van der Waals surface area contributed by atoms with Crippen LogP contribution in [0.5, 0.6) is 0 Å². The summed E-state index contributed by atoms with van der Waals surface area (Å²) in [5.74, 6) is 0.456. The molecule has 2 atom stereocenters. The molecule has 1 fully saturated rings. The van der Waals surface area contributed by atoms with Gasteiger partial charge in [-0.1, -0.05) is 53.5 Å². The van der Waals surface area contributed by atoms with Crippen molar-refractivity contribution < 1.29 is 4.79 Å². The molecule has 2 nitrogen and oxygen atoms in total. The number of benzene rings is 2. The Hall–Kier alpha value is -1.61. The van der Waals surface area contributed by atoms with E-state index in [9.17, 15) is 4.79 Å². The van der Waals surface area contributed by atoms with Gasteiger partial charge in [-0.3, -0.25) is 4.79 Å². The molecule has 126 valence electrons. The van der Waals surface area contributed by atoms with Crippen LogP contribution in [-0.2, 0) is 11.2 Å². The molecule has 1 saturated carbocycles. The molecule has 0 aromatic heterocycles. The first-order chi connectivity index (χ1) is 11.7. The number of rotatable bonds is 5. The minimum absolute atomic E-state index is 0.0402. The number of hydrogen-bond donors (Lipinski definition) is 1. The largest absolute Gasteiger partial charge is 0.378 e. The highest BCUT2D eigenvalue weighted by Crippen LogP contribution is 2.35. The average Bonchev–Trinajstić information content (AvgIpc) is 2.62. The van der Waals surface area contributed by atoms with Crippen molar-refractivity contribution in [3.05, 3.63) is 64.1 Å². The first-order valence-corrected chi connectivity index (χ1v) is 9.60. The van der Waals surface area contributed by atoms with Crippen molar-refractivity contribution in [2.75, 3.05) is 5.32 Å². The van der Waals surface area contributed by atoms with Gasteiger partial charge in [-0.05, 0) is 54.7 Å². The predicted molar refractivity (Wildman–Crippen MR) is 103 cm³/mol. The van der Waals surface area contributed by atoms with Gasteiger partial charge in [-0.2, -0.15) is 0 Å². The number of carbonyl (C=O) groups excluding carboxylic acids is 1. The molecule has 0 spiro atoms. The van der Waals surface area contributed by atoms with Crippen LogP contribution in [0.15, 0.2) is 53.0 Å². The molecular formula is C21H24BrNO. The number of carbonyl (C=O) groups is 1. The number of Topliss-reactive ketones (excluding diaryl/α,β-unsaturated/α-hetero) is 1. The van der Waals surface area contributed by atoms with E-state index in [0.29, 0.717) is 12.2 Å². The van der Waals surface area contributed by atoms with Crippen LogP contribution in [0.1, 0.15) is 49.8 Å². The van der Waals surface area contributed by atoms with Gasteiger partial charge in [0.05, 0.1) is 6.04 Å². The van der Waals surface area contributed by atoms with Gasteiger partial charge in [-0.15, -0.1) is 0 Å². The fourth-order valence-electron chi connectivity index (χ4n) is 3.47. The molecule has 0 aliphatic heterocycles. The van der Waals surface area contributed by atoms with E-state index in [1.54, 1.807) is 0 Å². The molecular weight excluding hydrogens is 362 g/mol. The summed E-state index contributed by atoms with van der Waals surface area (Å²) in [7, 11) is 0. The lowest BCUT2D eigenvalue weighted by molar-refractivity contribution is -0.125. The van der Waals surface area contributed by atoms with Crippen molar-refractivity contribution in [2.45, 2.75) is 45.1 Å². The molecule has 2 aromatic rings. The molecule has 0 saturated heterocycles. The maximum absolute atomic E-state index is 12.5. The molecule has 1 aliphatic rings. The predicted octanol–water partition coefficient (Wildman–Crippen LogP) is 5.92. The van der Waals surface area contributed by atoms with E-state index in [4.69, 9.17) is 0 Å². The maximum atomic E-state index is 12.5. The average molecular weight is 386 g/mol. The lowest BCUT2D eigenvalue weighted by Gasteiger charge is -2.31. The van der Waals surface area contributed by atoms with Crippen LogP contribution in [-0.4, -0.2) is 5.78 Å². The topological polar surface area (TPSA) is 29.1 Å². The third-order valence-corrected chi connectivity index (χ3v) is 5.45. The van der Waals surface area contributed by atoms with Crippen molar-refractivity contribution in [2.24, 2.45) is 5.92 Å². The Morgan fingerprint density at radius 1 is 1.08 bits per heavy atom. The van der Waals surface area contributed by atoms with E-state index in [-0.39, 0.29) is 12.0 Å². The van der Waals surface area contributed by atoms with Crippen LogP contribution in [0.4, 0.5) is 5.69 Å². The highest BCUT2D eigenvalue weighted by molar-refractivity contribution is 9.10. The fraction of sp³-hybridized carbons (Fsp3) is 0.381.